The zero-order valence-corrected chi connectivity index (χ0v) is 15.0. The molecule has 1 aliphatic heterocycles. The van der Waals surface area contributed by atoms with Gasteiger partial charge in [-0.3, -0.25) is 0 Å². The number of aliphatic hydroxyl groups excluding tert-OH is 1. The van der Waals surface area contributed by atoms with Crippen LogP contribution in [0.2, 0.25) is 0 Å². The van der Waals surface area contributed by atoms with Crippen LogP contribution < -0.4 is 15.5 Å². The topological polar surface area (TPSA) is 73.8 Å². The normalized spacial score (nSPS) is 15.3. The lowest BCUT2D eigenvalue weighted by Crippen LogP contribution is -2.39. The number of nitrogens with zero attached hydrogens (tertiary/aromatic N) is 1. The van der Waals surface area contributed by atoms with Gasteiger partial charge in [0.15, 0.2) is 0 Å². The quantitative estimate of drug-likeness (QED) is 0.726. The van der Waals surface area contributed by atoms with Gasteiger partial charge < -0.3 is 25.4 Å². The fourth-order valence-corrected chi connectivity index (χ4v) is 3.03. The molecule has 0 spiro atoms. The van der Waals surface area contributed by atoms with Crippen LogP contribution in [0.5, 0.6) is 0 Å². The van der Waals surface area contributed by atoms with Crippen molar-refractivity contribution in [2.45, 2.75) is 12.6 Å². The van der Waals surface area contributed by atoms with Gasteiger partial charge in [0.2, 0.25) is 0 Å². The first-order chi connectivity index (χ1) is 13.2. The fraction of sp³-hybridized carbons (Fsp3) is 0.350. The Hall–Kier alpha value is -2.64. The van der Waals surface area contributed by atoms with Crippen LogP contribution in [0.15, 0.2) is 48.5 Å². The highest BCUT2D eigenvalue weighted by Crippen LogP contribution is 2.21. The summed E-state index contributed by atoms with van der Waals surface area (Å²) in [6.45, 7) is 2.50. The summed E-state index contributed by atoms with van der Waals surface area (Å²) in [5.74, 6) is -0.311. The minimum absolute atomic E-state index is 0.194. The third kappa shape index (κ3) is 5.18. The molecular formula is C20H24FN3O3. The van der Waals surface area contributed by atoms with E-state index in [4.69, 9.17) is 4.74 Å². The van der Waals surface area contributed by atoms with E-state index in [0.29, 0.717) is 37.6 Å². The standard InChI is InChI=1S/C20H24FN3O3/c21-17-12-15(6-7-19(17)24-8-10-27-11-9-24)13-22-20(26)23-18(14-25)16-4-2-1-3-5-16/h1-7,12,18,25H,8-11,13-14H2,(H2,22,23,26). The first kappa shape index (κ1) is 19.1. The molecule has 1 saturated heterocycles. The van der Waals surface area contributed by atoms with Crippen molar-refractivity contribution in [3.05, 3.63) is 65.5 Å². The molecule has 1 aliphatic rings. The molecule has 0 aromatic heterocycles. The van der Waals surface area contributed by atoms with Crippen molar-refractivity contribution in [3.8, 4) is 0 Å². The maximum Gasteiger partial charge on any atom is 0.315 e. The van der Waals surface area contributed by atoms with E-state index in [1.807, 2.05) is 35.2 Å². The van der Waals surface area contributed by atoms with Crippen molar-refractivity contribution in [3.63, 3.8) is 0 Å². The van der Waals surface area contributed by atoms with Crippen molar-refractivity contribution >= 4 is 11.7 Å². The minimum Gasteiger partial charge on any atom is -0.394 e. The van der Waals surface area contributed by atoms with Gasteiger partial charge in [0.1, 0.15) is 5.82 Å². The number of ether oxygens (including phenoxy) is 1. The Morgan fingerprint density at radius 1 is 1.19 bits per heavy atom. The Balaban J connectivity index is 1.54. The number of anilines is 1. The highest BCUT2D eigenvalue weighted by atomic mass is 19.1. The summed E-state index contributed by atoms with van der Waals surface area (Å²) < 4.78 is 19.7. The molecule has 2 aromatic rings. The predicted octanol–water partition coefficient (Wildman–Crippen LogP) is 2.20. The number of aliphatic hydroxyl groups is 1. The van der Waals surface area contributed by atoms with Gasteiger partial charge in [-0.05, 0) is 23.3 Å². The SMILES string of the molecule is O=C(NCc1ccc(N2CCOCC2)c(F)c1)NC(CO)c1ccccc1. The van der Waals surface area contributed by atoms with Gasteiger partial charge in [0, 0.05) is 19.6 Å². The minimum atomic E-state index is -0.494. The lowest BCUT2D eigenvalue weighted by atomic mass is 10.1. The van der Waals surface area contributed by atoms with Crippen LogP contribution in [0.3, 0.4) is 0 Å². The van der Waals surface area contributed by atoms with Crippen molar-refractivity contribution in [1.82, 2.24) is 10.6 Å². The molecule has 144 valence electrons. The van der Waals surface area contributed by atoms with Gasteiger partial charge in [-0.2, -0.15) is 0 Å². The molecule has 0 bridgehead atoms. The monoisotopic (exact) mass is 373 g/mol. The van der Waals surface area contributed by atoms with E-state index in [1.54, 1.807) is 12.1 Å². The van der Waals surface area contributed by atoms with Crippen LogP contribution in [0.25, 0.3) is 0 Å². The van der Waals surface area contributed by atoms with Crippen molar-refractivity contribution < 1.29 is 19.0 Å². The zero-order valence-electron chi connectivity index (χ0n) is 15.0. The summed E-state index contributed by atoms with van der Waals surface area (Å²) in [6.07, 6.45) is 0. The number of hydrogen-bond donors (Lipinski definition) is 3. The molecule has 7 heteroatoms. The van der Waals surface area contributed by atoms with E-state index in [-0.39, 0.29) is 19.0 Å². The first-order valence-electron chi connectivity index (χ1n) is 8.98. The summed E-state index contributed by atoms with van der Waals surface area (Å²) in [4.78, 5) is 14.1. The van der Waals surface area contributed by atoms with Crippen LogP contribution in [-0.2, 0) is 11.3 Å². The Morgan fingerprint density at radius 3 is 2.59 bits per heavy atom. The number of morpholine rings is 1. The second kappa shape index (κ2) is 9.34. The number of halogens is 1. The molecule has 2 aromatic carbocycles. The van der Waals surface area contributed by atoms with Crippen LogP contribution in [0, 0.1) is 5.82 Å². The molecule has 0 aliphatic carbocycles. The molecule has 1 unspecified atom stereocenters. The largest absolute Gasteiger partial charge is 0.394 e. The van der Waals surface area contributed by atoms with E-state index in [1.165, 1.54) is 6.07 Å². The van der Waals surface area contributed by atoms with E-state index < -0.39 is 12.1 Å². The highest BCUT2D eigenvalue weighted by Gasteiger charge is 2.16. The average molecular weight is 373 g/mol. The zero-order chi connectivity index (χ0) is 19.1. The average Bonchev–Trinajstić information content (AvgIpc) is 2.72. The number of nitrogens with one attached hydrogen (secondary N) is 2. The molecule has 0 radical (unpaired) electrons. The van der Waals surface area contributed by atoms with Crippen LogP contribution in [-0.4, -0.2) is 44.0 Å². The lowest BCUT2D eigenvalue weighted by molar-refractivity contribution is 0.122. The summed E-state index contributed by atoms with van der Waals surface area (Å²) in [5, 5.41) is 14.9. The van der Waals surface area contributed by atoms with Gasteiger partial charge in [-0.25, -0.2) is 9.18 Å². The molecular weight excluding hydrogens is 349 g/mol. The van der Waals surface area contributed by atoms with E-state index in [2.05, 4.69) is 10.6 Å². The molecule has 0 saturated carbocycles. The van der Waals surface area contributed by atoms with Crippen molar-refractivity contribution in [1.29, 1.82) is 0 Å². The van der Waals surface area contributed by atoms with Gasteiger partial charge in [0.25, 0.3) is 0 Å². The number of rotatable bonds is 6. The number of carbonyl (C=O) groups is 1. The second-order valence-corrected chi connectivity index (χ2v) is 6.36. The molecule has 6 nitrogen and oxygen atoms in total. The van der Waals surface area contributed by atoms with Crippen LogP contribution in [0.4, 0.5) is 14.9 Å². The maximum absolute atomic E-state index is 14.4. The Morgan fingerprint density at radius 2 is 1.93 bits per heavy atom. The highest BCUT2D eigenvalue weighted by molar-refractivity contribution is 5.74. The van der Waals surface area contributed by atoms with Crippen molar-refractivity contribution in [2.24, 2.45) is 0 Å². The van der Waals surface area contributed by atoms with Crippen LogP contribution >= 0.6 is 0 Å². The smallest absolute Gasteiger partial charge is 0.315 e. The number of carbonyl (C=O) groups excluding carboxylic acids is 1. The molecule has 3 N–H and O–H groups in total. The summed E-state index contributed by atoms with van der Waals surface area (Å²) >= 11 is 0. The molecule has 3 rings (SSSR count). The molecule has 1 heterocycles. The summed E-state index contributed by atoms with van der Waals surface area (Å²) in [7, 11) is 0. The maximum atomic E-state index is 14.4. The summed E-state index contributed by atoms with van der Waals surface area (Å²) in [6, 6.07) is 13.3. The molecule has 27 heavy (non-hydrogen) atoms. The van der Waals surface area contributed by atoms with E-state index in [0.717, 1.165) is 5.56 Å². The second-order valence-electron chi connectivity index (χ2n) is 6.36. The van der Waals surface area contributed by atoms with Crippen LogP contribution in [0.1, 0.15) is 17.2 Å². The third-order valence-corrected chi connectivity index (χ3v) is 4.51. The van der Waals surface area contributed by atoms with Gasteiger partial charge in [-0.15, -0.1) is 0 Å². The van der Waals surface area contributed by atoms with E-state index >= 15 is 0 Å². The number of urea groups is 1. The number of hydrogen-bond acceptors (Lipinski definition) is 4. The fourth-order valence-electron chi connectivity index (χ4n) is 3.03. The Labute approximate surface area is 157 Å². The Bertz CT molecular complexity index is 751. The predicted molar refractivity (Wildman–Crippen MR) is 101 cm³/mol. The van der Waals surface area contributed by atoms with Gasteiger partial charge >= 0.3 is 6.03 Å². The molecule has 1 fully saturated rings. The first-order valence-corrected chi connectivity index (χ1v) is 8.98. The molecule has 1 atom stereocenters. The molecule has 2 amide bonds. The van der Waals surface area contributed by atoms with Crippen molar-refractivity contribution in [2.75, 3.05) is 37.8 Å². The lowest BCUT2D eigenvalue weighted by Gasteiger charge is -2.29. The van der Waals surface area contributed by atoms with Gasteiger partial charge in [-0.1, -0.05) is 36.4 Å². The third-order valence-electron chi connectivity index (χ3n) is 4.51. The van der Waals surface area contributed by atoms with E-state index in [9.17, 15) is 14.3 Å². The summed E-state index contributed by atoms with van der Waals surface area (Å²) in [5.41, 5.74) is 2.03. The number of benzene rings is 2. The number of amides is 2. The van der Waals surface area contributed by atoms with Gasteiger partial charge in [0.05, 0.1) is 31.5 Å². The Kier molecular flexibility index (Phi) is 6.62.